The number of carbonyl (C=O) groups is 1. The van der Waals surface area contributed by atoms with Crippen molar-refractivity contribution in [2.24, 2.45) is 0 Å². The number of rotatable bonds is 3. The summed E-state index contributed by atoms with van der Waals surface area (Å²) in [6.07, 6.45) is 3.60. The quantitative estimate of drug-likeness (QED) is 0.634. The summed E-state index contributed by atoms with van der Waals surface area (Å²) >= 11 is 0. The van der Waals surface area contributed by atoms with Crippen molar-refractivity contribution in [3.05, 3.63) is 0 Å². The van der Waals surface area contributed by atoms with E-state index < -0.39 is 0 Å². The molecular weight excluding hydrogens is 140 g/mol. The van der Waals surface area contributed by atoms with Crippen LogP contribution in [0, 0.1) is 0 Å². The molecule has 1 amide bonds. The first-order chi connectivity index (χ1) is 5.18. The average molecular weight is 156 g/mol. The Labute approximate surface area is 67.8 Å². The van der Waals surface area contributed by atoms with Gasteiger partial charge in [0, 0.05) is 6.04 Å². The first-order valence-corrected chi connectivity index (χ1v) is 4.12. The Morgan fingerprint density at radius 1 is 1.55 bits per heavy atom. The molecule has 0 aromatic heterocycles. The molecule has 0 spiro atoms. The van der Waals surface area contributed by atoms with Crippen molar-refractivity contribution in [3.8, 4) is 0 Å². The van der Waals surface area contributed by atoms with Crippen LogP contribution in [0.5, 0.6) is 0 Å². The van der Waals surface area contributed by atoms with Crippen molar-refractivity contribution in [2.45, 2.75) is 25.3 Å². The van der Waals surface area contributed by atoms with Crippen molar-refractivity contribution < 1.29 is 4.79 Å². The molecule has 0 bridgehead atoms. The Bertz CT molecular complexity index is 141. The maximum atomic E-state index is 11.1. The molecule has 1 aliphatic carbocycles. The zero-order chi connectivity index (χ0) is 8.27. The Morgan fingerprint density at radius 2 is 2.18 bits per heavy atom. The van der Waals surface area contributed by atoms with E-state index in [-0.39, 0.29) is 5.91 Å². The van der Waals surface area contributed by atoms with Gasteiger partial charge in [0.25, 0.3) is 0 Å². The van der Waals surface area contributed by atoms with Crippen LogP contribution in [0.3, 0.4) is 0 Å². The largest absolute Gasteiger partial charge is 0.352 e. The zero-order valence-corrected chi connectivity index (χ0v) is 7.26. The molecule has 1 rings (SSSR count). The molecule has 64 valence electrons. The molecule has 11 heavy (non-hydrogen) atoms. The monoisotopic (exact) mass is 156 g/mol. The summed E-state index contributed by atoms with van der Waals surface area (Å²) in [5.41, 5.74) is 0. The molecule has 0 aromatic rings. The minimum atomic E-state index is 0.153. The van der Waals surface area contributed by atoms with Crippen LogP contribution in [-0.4, -0.2) is 37.5 Å². The lowest BCUT2D eigenvalue weighted by Gasteiger charge is -2.26. The summed E-state index contributed by atoms with van der Waals surface area (Å²) in [5.74, 6) is 0.153. The maximum absolute atomic E-state index is 11.1. The van der Waals surface area contributed by atoms with Gasteiger partial charge in [-0.2, -0.15) is 0 Å². The number of nitrogens with zero attached hydrogens (tertiary/aromatic N) is 1. The summed E-state index contributed by atoms with van der Waals surface area (Å²) in [4.78, 5) is 13.0. The van der Waals surface area contributed by atoms with E-state index in [4.69, 9.17) is 0 Å². The lowest BCUT2D eigenvalue weighted by molar-refractivity contribution is -0.122. The maximum Gasteiger partial charge on any atom is 0.234 e. The van der Waals surface area contributed by atoms with Crippen molar-refractivity contribution in [1.82, 2.24) is 10.2 Å². The van der Waals surface area contributed by atoms with Gasteiger partial charge in [-0.05, 0) is 33.4 Å². The van der Waals surface area contributed by atoms with Gasteiger partial charge >= 0.3 is 0 Å². The van der Waals surface area contributed by atoms with Gasteiger partial charge in [0.05, 0.1) is 6.54 Å². The Kier molecular flexibility index (Phi) is 2.88. The third-order valence-electron chi connectivity index (χ3n) is 1.93. The van der Waals surface area contributed by atoms with Crippen molar-refractivity contribution in [2.75, 3.05) is 20.6 Å². The molecule has 0 saturated heterocycles. The molecule has 0 atom stereocenters. The first-order valence-electron chi connectivity index (χ1n) is 4.12. The summed E-state index contributed by atoms with van der Waals surface area (Å²) in [6.45, 7) is 0.510. The molecule has 3 nitrogen and oxygen atoms in total. The van der Waals surface area contributed by atoms with E-state index in [0.717, 1.165) is 0 Å². The highest BCUT2D eigenvalue weighted by molar-refractivity contribution is 5.78. The fraction of sp³-hybridized carbons (Fsp3) is 0.875. The van der Waals surface area contributed by atoms with Crippen LogP contribution in [0.4, 0.5) is 0 Å². The van der Waals surface area contributed by atoms with Gasteiger partial charge in [0.1, 0.15) is 0 Å². The Hall–Kier alpha value is -0.570. The van der Waals surface area contributed by atoms with Gasteiger partial charge < -0.3 is 10.2 Å². The van der Waals surface area contributed by atoms with E-state index in [1.54, 1.807) is 0 Å². The number of hydrogen-bond donors (Lipinski definition) is 1. The lowest BCUT2D eigenvalue weighted by atomic mass is 9.93. The van der Waals surface area contributed by atoms with Gasteiger partial charge in [-0.3, -0.25) is 4.79 Å². The van der Waals surface area contributed by atoms with E-state index in [2.05, 4.69) is 5.32 Å². The fourth-order valence-corrected chi connectivity index (χ4v) is 1.11. The third-order valence-corrected chi connectivity index (χ3v) is 1.93. The highest BCUT2D eigenvalue weighted by Crippen LogP contribution is 2.17. The SMILES string of the molecule is CN(C)CC(=O)NC1CCC1. The Morgan fingerprint density at radius 3 is 2.55 bits per heavy atom. The molecule has 0 aliphatic heterocycles. The molecule has 1 aliphatic rings. The van der Waals surface area contributed by atoms with Gasteiger partial charge in [0.2, 0.25) is 5.91 Å². The summed E-state index contributed by atoms with van der Waals surface area (Å²) < 4.78 is 0. The summed E-state index contributed by atoms with van der Waals surface area (Å²) in [6, 6.07) is 0.474. The van der Waals surface area contributed by atoms with Gasteiger partial charge in [0.15, 0.2) is 0 Å². The van der Waals surface area contributed by atoms with E-state index in [0.29, 0.717) is 12.6 Å². The molecule has 0 unspecified atom stereocenters. The highest BCUT2D eigenvalue weighted by atomic mass is 16.2. The van der Waals surface area contributed by atoms with E-state index in [1.165, 1.54) is 19.3 Å². The molecule has 1 fully saturated rings. The van der Waals surface area contributed by atoms with Crippen LogP contribution in [0.15, 0.2) is 0 Å². The van der Waals surface area contributed by atoms with Crippen LogP contribution in [0.1, 0.15) is 19.3 Å². The highest BCUT2D eigenvalue weighted by Gasteiger charge is 2.18. The predicted molar refractivity (Wildman–Crippen MR) is 44.3 cm³/mol. The smallest absolute Gasteiger partial charge is 0.234 e. The zero-order valence-electron chi connectivity index (χ0n) is 7.26. The number of nitrogens with one attached hydrogen (secondary N) is 1. The minimum Gasteiger partial charge on any atom is -0.352 e. The van der Waals surface area contributed by atoms with Crippen LogP contribution in [0.2, 0.25) is 0 Å². The number of carbonyl (C=O) groups excluding carboxylic acids is 1. The van der Waals surface area contributed by atoms with Crippen molar-refractivity contribution >= 4 is 5.91 Å². The van der Waals surface area contributed by atoms with Crippen LogP contribution in [-0.2, 0) is 4.79 Å². The fourth-order valence-electron chi connectivity index (χ4n) is 1.11. The second-order valence-corrected chi connectivity index (χ2v) is 3.43. The molecule has 1 N–H and O–H groups in total. The average Bonchev–Trinajstić information content (AvgIpc) is 1.77. The lowest BCUT2D eigenvalue weighted by Crippen LogP contribution is -2.43. The number of hydrogen-bond acceptors (Lipinski definition) is 2. The van der Waals surface area contributed by atoms with Gasteiger partial charge in [-0.1, -0.05) is 0 Å². The van der Waals surface area contributed by atoms with E-state index in [9.17, 15) is 4.79 Å². The number of likely N-dealkylation sites (N-methyl/N-ethyl adjacent to an activating group) is 1. The summed E-state index contributed by atoms with van der Waals surface area (Å²) in [7, 11) is 3.81. The summed E-state index contributed by atoms with van der Waals surface area (Å²) in [5, 5.41) is 2.97. The normalized spacial score (nSPS) is 18.1. The third kappa shape index (κ3) is 2.89. The predicted octanol–water partition coefficient (Wildman–Crippen LogP) is 0.217. The van der Waals surface area contributed by atoms with Crippen LogP contribution in [0.25, 0.3) is 0 Å². The first kappa shape index (κ1) is 8.53. The Balaban J connectivity index is 2.09. The van der Waals surface area contributed by atoms with Crippen molar-refractivity contribution in [3.63, 3.8) is 0 Å². The molecule has 0 radical (unpaired) electrons. The van der Waals surface area contributed by atoms with Crippen LogP contribution < -0.4 is 5.32 Å². The molecule has 0 heterocycles. The van der Waals surface area contributed by atoms with E-state index in [1.807, 2.05) is 19.0 Å². The molecule has 3 heteroatoms. The molecule has 0 aromatic carbocycles. The second-order valence-electron chi connectivity index (χ2n) is 3.43. The number of amides is 1. The van der Waals surface area contributed by atoms with Crippen molar-refractivity contribution in [1.29, 1.82) is 0 Å². The van der Waals surface area contributed by atoms with E-state index >= 15 is 0 Å². The topological polar surface area (TPSA) is 32.3 Å². The van der Waals surface area contributed by atoms with Gasteiger partial charge in [-0.15, -0.1) is 0 Å². The second kappa shape index (κ2) is 3.72. The minimum absolute atomic E-state index is 0.153. The van der Waals surface area contributed by atoms with Gasteiger partial charge in [-0.25, -0.2) is 0 Å². The molecular formula is C8H16N2O. The van der Waals surface area contributed by atoms with Crippen LogP contribution >= 0.6 is 0 Å². The molecule has 1 saturated carbocycles. The standard InChI is InChI=1S/C8H16N2O/c1-10(2)6-8(11)9-7-4-3-5-7/h7H,3-6H2,1-2H3,(H,9,11).